The van der Waals surface area contributed by atoms with Gasteiger partial charge in [0, 0.05) is 19.1 Å². The predicted octanol–water partition coefficient (Wildman–Crippen LogP) is 4.19. The number of phenolic OH excluding ortho intramolecular Hbond substituents is 1. The molecule has 1 unspecified atom stereocenters. The molecule has 1 saturated heterocycles. The molecule has 1 spiro atoms. The lowest BCUT2D eigenvalue weighted by Gasteiger charge is -2.53. The van der Waals surface area contributed by atoms with Crippen LogP contribution in [0, 0.1) is 22.7 Å². The smallest absolute Gasteiger partial charge is 0.220 e. The molecule has 0 radical (unpaired) electrons. The van der Waals surface area contributed by atoms with Gasteiger partial charge in [0.2, 0.25) is 5.91 Å². The van der Waals surface area contributed by atoms with E-state index in [-0.39, 0.29) is 34.6 Å². The van der Waals surface area contributed by atoms with Gasteiger partial charge >= 0.3 is 0 Å². The molecular formula is C22H31NO3. The highest BCUT2D eigenvalue weighted by Crippen LogP contribution is 2.70. The number of benzene rings is 1. The molecule has 26 heavy (non-hydrogen) atoms. The molecule has 1 amide bonds. The van der Waals surface area contributed by atoms with Gasteiger partial charge in [0.15, 0.2) is 0 Å². The van der Waals surface area contributed by atoms with E-state index in [1.165, 1.54) is 12.8 Å². The van der Waals surface area contributed by atoms with E-state index in [1.807, 2.05) is 12.1 Å². The number of hydrogen-bond donors (Lipinski definition) is 2. The summed E-state index contributed by atoms with van der Waals surface area (Å²) in [6, 6.07) is 7.69. The SMILES string of the molecule is CCCC(=O)N[C@H]1C(C)(C)[C@@H]2C[C@@H]3[C@@H](c4ccc(O)cc4)OCCC31C2. The van der Waals surface area contributed by atoms with Gasteiger partial charge in [-0.15, -0.1) is 0 Å². The first-order chi connectivity index (χ1) is 12.4. The maximum absolute atomic E-state index is 12.5. The van der Waals surface area contributed by atoms with Crippen LogP contribution in [-0.4, -0.2) is 23.7 Å². The molecule has 3 fully saturated rings. The van der Waals surface area contributed by atoms with Crippen LogP contribution in [0.15, 0.2) is 24.3 Å². The van der Waals surface area contributed by atoms with Crippen LogP contribution >= 0.6 is 0 Å². The van der Waals surface area contributed by atoms with Crippen LogP contribution in [0.3, 0.4) is 0 Å². The van der Waals surface area contributed by atoms with Crippen molar-refractivity contribution in [2.75, 3.05) is 6.61 Å². The third-order valence-electron chi connectivity index (χ3n) is 7.51. The van der Waals surface area contributed by atoms with Crippen LogP contribution in [0.25, 0.3) is 0 Å². The molecule has 142 valence electrons. The fourth-order valence-corrected chi connectivity index (χ4v) is 6.24. The van der Waals surface area contributed by atoms with Gasteiger partial charge in [0.05, 0.1) is 6.10 Å². The quantitative estimate of drug-likeness (QED) is 0.849. The standard InChI is InChI=1S/C22H31NO3/c1-4-5-18(25)23-20-21(2,3)15-12-17-19(14-6-8-16(24)9-7-14)26-11-10-22(17,20)13-15/h6-9,15,17,19-20,24H,4-5,10-13H2,1-3H3,(H,23,25)/t15-,17-,19-,20+,22?/m1/s1. The number of rotatable bonds is 4. The highest BCUT2D eigenvalue weighted by atomic mass is 16.5. The van der Waals surface area contributed by atoms with E-state index in [2.05, 4.69) is 26.1 Å². The van der Waals surface area contributed by atoms with Crippen LogP contribution < -0.4 is 5.32 Å². The van der Waals surface area contributed by atoms with Crippen LogP contribution in [0.1, 0.15) is 64.5 Å². The lowest BCUT2D eigenvalue weighted by Crippen LogP contribution is -2.58. The van der Waals surface area contributed by atoms with E-state index in [0.717, 1.165) is 25.0 Å². The van der Waals surface area contributed by atoms with Gasteiger partial charge in [-0.05, 0) is 66.0 Å². The first-order valence-corrected chi connectivity index (χ1v) is 10.1. The van der Waals surface area contributed by atoms with Crippen molar-refractivity contribution in [3.63, 3.8) is 0 Å². The van der Waals surface area contributed by atoms with Gasteiger partial charge in [0.1, 0.15) is 5.75 Å². The Balaban J connectivity index is 1.66. The average molecular weight is 357 g/mol. The number of carbonyl (C=O) groups excluding carboxylic acids is 1. The molecule has 4 heteroatoms. The zero-order valence-corrected chi connectivity index (χ0v) is 16.1. The summed E-state index contributed by atoms with van der Waals surface area (Å²) in [5.74, 6) is 1.54. The molecule has 0 aromatic heterocycles. The number of ether oxygens (including phenoxy) is 1. The summed E-state index contributed by atoms with van der Waals surface area (Å²) >= 11 is 0. The zero-order valence-electron chi connectivity index (χ0n) is 16.1. The minimum atomic E-state index is 0.0658. The van der Waals surface area contributed by atoms with E-state index < -0.39 is 0 Å². The van der Waals surface area contributed by atoms with Crippen molar-refractivity contribution in [2.24, 2.45) is 22.7 Å². The Labute approximate surface area is 156 Å². The fraction of sp³-hybridized carbons (Fsp3) is 0.682. The minimum absolute atomic E-state index is 0.0658. The first kappa shape index (κ1) is 17.8. The Morgan fingerprint density at radius 3 is 2.73 bits per heavy atom. The Morgan fingerprint density at radius 2 is 2.04 bits per heavy atom. The van der Waals surface area contributed by atoms with Crippen molar-refractivity contribution in [1.82, 2.24) is 5.32 Å². The van der Waals surface area contributed by atoms with E-state index in [4.69, 9.17) is 4.74 Å². The Kier molecular flexibility index (Phi) is 4.30. The number of nitrogens with one attached hydrogen (secondary N) is 1. The van der Waals surface area contributed by atoms with E-state index in [0.29, 0.717) is 18.3 Å². The highest BCUT2D eigenvalue weighted by molar-refractivity contribution is 5.76. The molecule has 2 N–H and O–H groups in total. The second-order valence-electron chi connectivity index (χ2n) is 9.18. The number of carbonyl (C=O) groups is 1. The molecule has 1 aliphatic heterocycles. The van der Waals surface area contributed by atoms with Gasteiger partial charge in [-0.25, -0.2) is 0 Å². The van der Waals surface area contributed by atoms with E-state index in [9.17, 15) is 9.90 Å². The summed E-state index contributed by atoms with van der Waals surface area (Å²) in [7, 11) is 0. The number of aromatic hydroxyl groups is 1. The number of hydrogen-bond acceptors (Lipinski definition) is 3. The largest absolute Gasteiger partial charge is 0.508 e. The lowest BCUT2D eigenvalue weighted by molar-refractivity contribution is -0.137. The van der Waals surface area contributed by atoms with E-state index in [1.54, 1.807) is 12.1 Å². The van der Waals surface area contributed by atoms with Crippen molar-refractivity contribution in [3.05, 3.63) is 29.8 Å². The van der Waals surface area contributed by atoms with Crippen LogP contribution in [0.2, 0.25) is 0 Å². The molecule has 3 aliphatic rings. The van der Waals surface area contributed by atoms with Gasteiger partial charge in [-0.2, -0.15) is 0 Å². The zero-order chi connectivity index (χ0) is 18.5. The summed E-state index contributed by atoms with van der Waals surface area (Å²) in [5, 5.41) is 13.1. The van der Waals surface area contributed by atoms with Crippen molar-refractivity contribution in [1.29, 1.82) is 0 Å². The predicted molar refractivity (Wildman–Crippen MR) is 101 cm³/mol. The molecule has 2 bridgehead atoms. The molecule has 5 atom stereocenters. The summed E-state index contributed by atoms with van der Waals surface area (Å²) in [5.41, 5.74) is 1.42. The average Bonchev–Trinajstić information content (AvgIpc) is 3.09. The molecular weight excluding hydrogens is 326 g/mol. The Morgan fingerprint density at radius 1 is 1.31 bits per heavy atom. The van der Waals surface area contributed by atoms with Gasteiger partial charge < -0.3 is 15.2 Å². The summed E-state index contributed by atoms with van der Waals surface area (Å²) in [6.07, 6.45) is 4.95. The van der Waals surface area contributed by atoms with Crippen molar-refractivity contribution < 1.29 is 14.6 Å². The van der Waals surface area contributed by atoms with Gasteiger partial charge in [-0.3, -0.25) is 4.79 Å². The topological polar surface area (TPSA) is 58.6 Å². The number of amides is 1. The van der Waals surface area contributed by atoms with Crippen LogP contribution in [-0.2, 0) is 9.53 Å². The summed E-state index contributed by atoms with van der Waals surface area (Å²) in [4.78, 5) is 12.5. The monoisotopic (exact) mass is 357 g/mol. The van der Waals surface area contributed by atoms with Gasteiger partial charge in [0.25, 0.3) is 0 Å². The van der Waals surface area contributed by atoms with Crippen molar-refractivity contribution in [3.8, 4) is 5.75 Å². The Hall–Kier alpha value is -1.55. The third kappa shape index (κ3) is 2.57. The van der Waals surface area contributed by atoms with Crippen molar-refractivity contribution >= 4 is 5.91 Å². The molecule has 1 aromatic rings. The first-order valence-electron chi connectivity index (χ1n) is 10.1. The number of fused-ring (bicyclic) bond motifs is 1. The highest BCUT2D eigenvalue weighted by Gasteiger charge is 2.68. The second kappa shape index (κ2) is 6.26. The molecule has 1 aromatic carbocycles. The molecule has 1 heterocycles. The summed E-state index contributed by atoms with van der Waals surface area (Å²) in [6.45, 7) is 7.47. The van der Waals surface area contributed by atoms with Gasteiger partial charge in [-0.1, -0.05) is 32.9 Å². The minimum Gasteiger partial charge on any atom is -0.508 e. The van der Waals surface area contributed by atoms with E-state index >= 15 is 0 Å². The molecule has 2 saturated carbocycles. The second-order valence-corrected chi connectivity index (χ2v) is 9.18. The maximum Gasteiger partial charge on any atom is 0.220 e. The van der Waals surface area contributed by atoms with Crippen molar-refractivity contribution in [2.45, 2.75) is 65.0 Å². The maximum atomic E-state index is 12.5. The van der Waals surface area contributed by atoms with Crippen LogP contribution in [0.4, 0.5) is 0 Å². The summed E-state index contributed by atoms with van der Waals surface area (Å²) < 4.78 is 6.24. The molecule has 4 nitrogen and oxygen atoms in total. The number of phenols is 1. The van der Waals surface area contributed by atoms with Crippen LogP contribution in [0.5, 0.6) is 5.75 Å². The normalized spacial score (nSPS) is 37.3. The molecule has 4 rings (SSSR count). The Bertz CT molecular complexity index is 683. The fourth-order valence-electron chi connectivity index (χ4n) is 6.24. The lowest BCUT2D eigenvalue weighted by atomic mass is 9.59. The molecule has 2 aliphatic carbocycles. The third-order valence-corrected chi connectivity index (χ3v) is 7.51.